The number of rotatable bonds is 9. The highest BCUT2D eigenvalue weighted by Crippen LogP contribution is 2.40. The largest absolute Gasteiger partial charge is 0.347 e. The van der Waals surface area contributed by atoms with Gasteiger partial charge in [0.25, 0.3) is 0 Å². The summed E-state index contributed by atoms with van der Waals surface area (Å²) in [5.41, 5.74) is 1.28. The van der Waals surface area contributed by atoms with E-state index in [2.05, 4.69) is 24.9 Å². The van der Waals surface area contributed by atoms with Gasteiger partial charge in [0.15, 0.2) is 5.79 Å². The van der Waals surface area contributed by atoms with Gasteiger partial charge in [0.1, 0.15) is 0 Å². The number of benzene rings is 1. The van der Waals surface area contributed by atoms with Crippen LogP contribution in [0.15, 0.2) is 43.0 Å². The van der Waals surface area contributed by atoms with Crippen molar-refractivity contribution >= 4 is 11.6 Å². The molecule has 3 rings (SSSR count). The molecule has 2 heterocycles. The molecule has 148 valence electrons. The van der Waals surface area contributed by atoms with Crippen LogP contribution in [-0.4, -0.2) is 28.6 Å². The van der Waals surface area contributed by atoms with Gasteiger partial charge in [-0.1, -0.05) is 56.5 Å². The molecule has 4 nitrogen and oxygen atoms in total. The Hall–Kier alpha value is -1.36. The standard InChI is InChI=1S/C22H31ClN2O2/c1-3-10-21(11-4-2)16-26-22(27-17-21,15-25-14-13-24-18-25)12-9-19-7-5-6-8-20(19)23/h5-8,13-14,18H,3-4,9-12,15-17H2,1-2H3. The molecule has 0 aliphatic carbocycles. The predicted molar refractivity (Wildman–Crippen MR) is 109 cm³/mol. The van der Waals surface area contributed by atoms with Crippen LogP contribution >= 0.6 is 11.6 Å². The van der Waals surface area contributed by atoms with Gasteiger partial charge < -0.3 is 14.0 Å². The van der Waals surface area contributed by atoms with Crippen molar-refractivity contribution in [2.75, 3.05) is 13.2 Å². The quantitative estimate of drug-likeness (QED) is 0.567. The highest BCUT2D eigenvalue weighted by atomic mass is 35.5. The van der Waals surface area contributed by atoms with Gasteiger partial charge in [0, 0.05) is 29.3 Å². The second-order valence-corrected chi connectivity index (χ2v) is 8.22. The highest BCUT2D eigenvalue weighted by Gasteiger charge is 2.44. The Morgan fingerprint density at radius 3 is 2.37 bits per heavy atom. The van der Waals surface area contributed by atoms with Gasteiger partial charge >= 0.3 is 0 Å². The van der Waals surface area contributed by atoms with Gasteiger partial charge in [-0.05, 0) is 30.9 Å². The molecule has 1 aliphatic rings. The fourth-order valence-electron chi connectivity index (χ4n) is 4.13. The number of nitrogens with zero attached hydrogens (tertiary/aromatic N) is 2. The third-order valence-corrected chi connectivity index (χ3v) is 5.93. The van der Waals surface area contributed by atoms with E-state index in [1.165, 1.54) is 0 Å². The van der Waals surface area contributed by atoms with E-state index in [-0.39, 0.29) is 5.41 Å². The SMILES string of the molecule is CCCC1(CCC)COC(CCc2ccccc2Cl)(Cn2ccnc2)OC1. The Morgan fingerprint density at radius 2 is 1.78 bits per heavy atom. The van der Waals surface area contributed by atoms with Crippen molar-refractivity contribution < 1.29 is 9.47 Å². The summed E-state index contributed by atoms with van der Waals surface area (Å²) >= 11 is 6.36. The van der Waals surface area contributed by atoms with Crippen molar-refractivity contribution in [3.8, 4) is 0 Å². The van der Waals surface area contributed by atoms with Crippen LogP contribution in [-0.2, 0) is 22.4 Å². The van der Waals surface area contributed by atoms with Gasteiger partial charge in [-0.2, -0.15) is 0 Å². The van der Waals surface area contributed by atoms with Crippen LogP contribution in [0.25, 0.3) is 0 Å². The average Bonchev–Trinajstić information content (AvgIpc) is 3.17. The number of halogens is 1. The molecule has 0 atom stereocenters. The fraction of sp³-hybridized carbons (Fsp3) is 0.591. The minimum atomic E-state index is -0.634. The lowest BCUT2D eigenvalue weighted by molar-refractivity contribution is -0.314. The smallest absolute Gasteiger partial charge is 0.186 e. The Bertz CT molecular complexity index is 686. The van der Waals surface area contributed by atoms with Gasteiger partial charge in [0.2, 0.25) is 0 Å². The molecule has 0 amide bonds. The summed E-state index contributed by atoms with van der Waals surface area (Å²) in [6.45, 7) is 6.63. The van der Waals surface area contributed by atoms with Crippen molar-refractivity contribution in [3.05, 3.63) is 53.6 Å². The number of ether oxygens (including phenoxy) is 2. The zero-order chi connectivity index (χ0) is 19.2. The number of hydrogen-bond acceptors (Lipinski definition) is 3. The monoisotopic (exact) mass is 390 g/mol. The predicted octanol–water partition coefficient (Wildman–Crippen LogP) is 5.50. The molecular weight excluding hydrogens is 360 g/mol. The lowest BCUT2D eigenvalue weighted by Crippen LogP contribution is -2.52. The van der Waals surface area contributed by atoms with Crippen LogP contribution in [0.3, 0.4) is 0 Å². The maximum absolute atomic E-state index is 6.51. The van der Waals surface area contributed by atoms with Crippen LogP contribution in [0.4, 0.5) is 0 Å². The summed E-state index contributed by atoms with van der Waals surface area (Å²) in [5, 5.41) is 0.803. The van der Waals surface area contributed by atoms with Gasteiger partial charge in [-0.15, -0.1) is 0 Å². The Kier molecular flexibility index (Phi) is 6.96. The summed E-state index contributed by atoms with van der Waals surface area (Å²) in [6, 6.07) is 8.01. The van der Waals surface area contributed by atoms with Crippen molar-refractivity contribution in [2.24, 2.45) is 5.41 Å². The molecule has 27 heavy (non-hydrogen) atoms. The molecule has 0 saturated carbocycles. The maximum Gasteiger partial charge on any atom is 0.186 e. The second kappa shape index (κ2) is 9.22. The van der Waals surface area contributed by atoms with Crippen LogP contribution < -0.4 is 0 Å². The molecular formula is C22H31ClN2O2. The van der Waals surface area contributed by atoms with Crippen LogP contribution in [0.5, 0.6) is 0 Å². The molecule has 2 aromatic rings. The number of hydrogen-bond donors (Lipinski definition) is 0. The number of aryl methyl sites for hydroxylation is 1. The molecule has 0 unspecified atom stereocenters. The molecule has 1 aromatic carbocycles. The first kappa shape index (κ1) is 20.4. The van der Waals surface area contributed by atoms with Crippen molar-refractivity contribution in [3.63, 3.8) is 0 Å². The third kappa shape index (κ3) is 5.13. The van der Waals surface area contributed by atoms with Gasteiger partial charge in [-0.25, -0.2) is 4.98 Å². The fourth-order valence-corrected chi connectivity index (χ4v) is 4.36. The van der Waals surface area contributed by atoms with E-state index in [4.69, 9.17) is 21.1 Å². The zero-order valence-electron chi connectivity index (χ0n) is 16.5. The lowest BCUT2D eigenvalue weighted by Gasteiger charge is -2.47. The first-order chi connectivity index (χ1) is 13.1. The molecule has 5 heteroatoms. The van der Waals surface area contributed by atoms with Gasteiger partial charge in [-0.3, -0.25) is 0 Å². The van der Waals surface area contributed by atoms with E-state index in [9.17, 15) is 0 Å². The molecule has 1 saturated heterocycles. The Morgan fingerprint density at radius 1 is 1.07 bits per heavy atom. The van der Waals surface area contributed by atoms with Crippen molar-refractivity contribution in [2.45, 2.75) is 64.7 Å². The molecule has 1 fully saturated rings. The zero-order valence-corrected chi connectivity index (χ0v) is 17.3. The van der Waals surface area contributed by atoms with Crippen molar-refractivity contribution in [1.29, 1.82) is 0 Å². The van der Waals surface area contributed by atoms with E-state index in [0.29, 0.717) is 6.54 Å². The van der Waals surface area contributed by atoms with Crippen LogP contribution in [0.1, 0.15) is 51.5 Å². The van der Waals surface area contributed by atoms with E-state index in [1.807, 2.05) is 35.3 Å². The molecule has 0 bridgehead atoms. The summed E-state index contributed by atoms with van der Waals surface area (Å²) in [6.07, 6.45) is 11.8. The molecule has 1 aliphatic heterocycles. The summed E-state index contributed by atoms with van der Waals surface area (Å²) in [5.74, 6) is -0.634. The average molecular weight is 391 g/mol. The second-order valence-electron chi connectivity index (χ2n) is 7.81. The maximum atomic E-state index is 6.51. The Labute approximate surface area is 167 Å². The number of imidazole rings is 1. The normalized spacial score (nSPS) is 18.5. The first-order valence-electron chi connectivity index (χ1n) is 10.1. The van der Waals surface area contributed by atoms with E-state index >= 15 is 0 Å². The van der Waals surface area contributed by atoms with Crippen LogP contribution in [0.2, 0.25) is 5.02 Å². The molecule has 0 N–H and O–H groups in total. The summed E-state index contributed by atoms with van der Waals surface area (Å²) in [7, 11) is 0. The highest BCUT2D eigenvalue weighted by molar-refractivity contribution is 6.31. The number of aromatic nitrogens is 2. The van der Waals surface area contributed by atoms with Gasteiger partial charge in [0.05, 0.1) is 26.1 Å². The van der Waals surface area contributed by atoms with E-state index < -0.39 is 5.79 Å². The van der Waals surface area contributed by atoms with Crippen molar-refractivity contribution in [1.82, 2.24) is 9.55 Å². The summed E-state index contributed by atoms with van der Waals surface area (Å²) < 4.78 is 15.1. The minimum Gasteiger partial charge on any atom is -0.347 e. The Balaban J connectivity index is 1.74. The van der Waals surface area contributed by atoms with E-state index in [1.54, 1.807) is 6.20 Å². The minimum absolute atomic E-state index is 0.145. The third-order valence-electron chi connectivity index (χ3n) is 5.56. The lowest BCUT2D eigenvalue weighted by atomic mass is 9.79. The molecule has 1 aromatic heterocycles. The topological polar surface area (TPSA) is 36.3 Å². The first-order valence-corrected chi connectivity index (χ1v) is 10.5. The molecule has 0 radical (unpaired) electrons. The summed E-state index contributed by atoms with van der Waals surface area (Å²) in [4.78, 5) is 4.17. The van der Waals surface area contributed by atoms with E-state index in [0.717, 1.165) is 62.3 Å². The van der Waals surface area contributed by atoms with Crippen LogP contribution in [0, 0.1) is 5.41 Å². The molecule has 0 spiro atoms.